The molecule has 0 aliphatic carbocycles. The number of aliphatic hydroxyl groups excluding tert-OH is 1. The van der Waals surface area contributed by atoms with E-state index in [4.69, 9.17) is 23.2 Å². The standard InChI is InChI=1S/C23H27Cl2FN2O4/c1-23(2,3)28(22(31)32)13-14-4-6-15(7-5-14)16-8-10-17(11-9-16)19(29)18(12-26)27-21(30)20(24)25/h4-11,18-20,29H,12-13H2,1-3H3,(H,27,30)(H,31,32)/t18-,19-/m1/s1. The molecule has 2 aromatic carbocycles. The fourth-order valence-corrected chi connectivity index (χ4v) is 3.26. The third-order valence-electron chi connectivity index (χ3n) is 4.99. The van der Waals surface area contributed by atoms with Gasteiger partial charge in [0.15, 0.2) is 4.84 Å². The topological polar surface area (TPSA) is 89.9 Å². The van der Waals surface area contributed by atoms with E-state index in [2.05, 4.69) is 5.32 Å². The number of nitrogens with one attached hydrogen (secondary N) is 1. The fourth-order valence-electron chi connectivity index (χ4n) is 3.13. The van der Waals surface area contributed by atoms with E-state index in [1.54, 1.807) is 24.3 Å². The van der Waals surface area contributed by atoms with Crippen molar-refractivity contribution in [2.75, 3.05) is 6.67 Å². The van der Waals surface area contributed by atoms with Gasteiger partial charge >= 0.3 is 6.09 Å². The summed E-state index contributed by atoms with van der Waals surface area (Å²) >= 11 is 10.9. The molecule has 0 bridgehead atoms. The Balaban J connectivity index is 2.12. The lowest BCUT2D eigenvalue weighted by atomic mass is 9.98. The number of aliphatic hydroxyl groups is 1. The first-order valence-electron chi connectivity index (χ1n) is 9.96. The number of carboxylic acid groups (broad SMARTS) is 1. The minimum Gasteiger partial charge on any atom is -0.465 e. The molecule has 0 aliphatic rings. The first-order valence-corrected chi connectivity index (χ1v) is 10.8. The van der Waals surface area contributed by atoms with Gasteiger partial charge in [-0.25, -0.2) is 9.18 Å². The van der Waals surface area contributed by atoms with E-state index in [1.165, 1.54) is 4.90 Å². The van der Waals surface area contributed by atoms with Crippen LogP contribution in [0.4, 0.5) is 9.18 Å². The quantitative estimate of drug-likeness (QED) is 0.463. The van der Waals surface area contributed by atoms with Crippen molar-refractivity contribution in [3.63, 3.8) is 0 Å². The van der Waals surface area contributed by atoms with Crippen LogP contribution in [0.2, 0.25) is 0 Å². The lowest BCUT2D eigenvalue weighted by molar-refractivity contribution is -0.121. The summed E-state index contributed by atoms with van der Waals surface area (Å²) in [6.45, 7) is 4.81. The summed E-state index contributed by atoms with van der Waals surface area (Å²) in [7, 11) is 0. The third kappa shape index (κ3) is 6.82. The van der Waals surface area contributed by atoms with E-state index in [0.29, 0.717) is 5.56 Å². The largest absolute Gasteiger partial charge is 0.465 e. The Morgan fingerprint density at radius 2 is 1.53 bits per heavy atom. The Morgan fingerprint density at radius 3 is 1.94 bits per heavy atom. The third-order valence-corrected chi connectivity index (χ3v) is 5.39. The molecule has 0 radical (unpaired) electrons. The molecule has 0 saturated carbocycles. The molecule has 2 atom stereocenters. The average molecular weight is 485 g/mol. The number of alkyl halides is 3. The molecule has 0 heterocycles. The summed E-state index contributed by atoms with van der Waals surface area (Å²) in [5.74, 6) is -0.778. The number of hydrogen-bond acceptors (Lipinski definition) is 3. The van der Waals surface area contributed by atoms with Gasteiger partial charge in [-0.2, -0.15) is 0 Å². The number of nitrogens with zero attached hydrogens (tertiary/aromatic N) is 1. The van der Waals surface area contributed by atoms with E-state index < -0.39 is 41.2 Å². The van der Waals surface area contributed by atoms with Crippen molar-refractivity contribution in [3.8, 4) is 11.1 Å². The number of amides is 2. The highest BCUT2D eigenvalue weighted by Crippen LogP contribution is 2.25. The van der Waals surface area contributed by atoms with Gasteiger partial charge in [-0.1, -0.05) is 71.7 Å². The van der Waals surface area contributed by atoms with Crippen molar-refractivity contribution in [2.24, 2.45) is 0 Å². The van der Waals surface area contributed by atoms with Crippen LogP contribution in [-0.2, 0) is 11.3 Å². The zero-order valence-corrected chi connectivity index (χ0v) is 19.6. The average Bonchev–Trinajstić information content (AvgIpc) is 2.74. The van der Waals surface area contributed by atoms with Crippen molar-refractivity contribution in [1.82, 2.24) is 10.2 Å². The summed E-state index contributed by atoms with van der Waals surface area (Å²) in [4.78, 5) is 23.1. The van der Waals surface area contributed by atoms with E-state index in [-0.39, 0.29) is 6.54 Å². The number of carbonyl (C=O) groups excluding carboxylic acids is 1. The lowest BCUT2D eigenvalue weighted by Crippen LogP contribution is -2.44. The van der Waals surface area contributed by atoms with Crippen molar-refractivity contribution < 1.29 is 24.2 Å². The van der Waals surface area contributed by atoms with Crippen LogP contribution in [0.15, 0.2) is 48.5 Å². The first kappa shape index (κ1) is 25.9. The zero-order chi connectivity index (χ0) is 24.1. The van der Waals surface area contributed by atoms with Gasteiger partial charge in [-0.05, 0) is 43.0 Å². The predicted molar refractivity (Wildman–Crippen MR) is 124 cm³/mol. The van der Waals surface area contributed by atoms with Gasteiger partial charge in [0.1, 0.15) is 12.8 Å². The summed E-state index contributed by atoms with van der Waals surface area (Å²) in [6, 6.07) is 13.2. The Hall–Kier alpha value is -2.35. The van der Waals surface area contributed by atoms with Crippen LogP contribution < -0.4 is 5.32 Å². The van der Waals surface area contributed by atoms with Crippen LogP contribution in [0.1, 0.15) is 38.0 Å². The van der Waals surface area contributed by atoms with Crippen molar-refractivity contribution in [1.29, 1.82) is 0 Å². The molecule has 3 N–H and O–H groups in total. The minimum absolute atomic E-state index is 0.270. The number of carbonyl (C=O) groups is 2. The molecule has 32 heavy (non-hydrogen) atoms. The van der Waals surface area contributed by atoms with Crippen LogP contribution in [0, 0.1) is 0 Å². The first-order chi connectivity index (χ1) is 14.9. The fraction of sp³-hybridized carbons (Fsp3) is 0.391. The molecule has 6 nitrogen and oxygen atoms in total. The number of benzene rings is 2. The maximum absolute atomic E-state index is 13.3. The zero-order valence-electron chi connectivity index (χ0n) is 18.1. The monoisotopic (exact) mass is 484 g/mol. The number of hydrogen-bond donors (Lipinski definition) is 3. The molecule has 0 aromatic heterocycles. The highest BCUT2D eigenvalue weighted by molar-refractivity contribution is 6.53. The normalized spacial score (nSPS) is 13.5. The molecule has 0 aliphatic heterocycles. The second-order valence-corrected chi connectivity index (χ2v) is 9.47. The van der Waals surface area contributed by atoms with Crippen molar-refractivity contribution >= 4 is 35.2 Å². The van der Waals surface area contributed by atoms with Crippen LogP contribution >= 0.6 is 23.2 Å². The van der Waals surface area contributed by atoms with Crippen LogP contribution in [0.5, 0.6) is 0 Å². The Bertz CT molecular complexity index is 915. The van der Waals surface area contributed by atoms with Gasteiger partial charge in [0.05, 0.1) is 6.04 Å². The highest BCUT2D eigenvalue weighted by Gasteiger charge is 2.26. The molecule has 0 saturated heterocycles. The lowest BCUT2D eigenvalue weighted by Gasteiger charge is -2.33. The number of rotatable bonds is 8. The number of halogens is 3. The second-order valence-electron chi connectivity index (χ2n) is 8.37. The van der Waals surface area contributed by atoms with Crippen molar-refractivity contribution in [3.05, 3.63) is 59.7 Å². The molecular formula is C23H27Cl2FN2O4. The molecule has 2 rings (SSSR count). The van der Waals surface area contributed by atoms with Gasteiger partial charge < -0.3 is 15.5 Å². The van der Waals surface area contributed by atoms with E-state index >= 15 is 0 Å². The SMILES string of the molecule is CC(C)(C)N(Cc1ccc(-c2ccc([C@@H](O)[C@@H](CF)NC(=O)C(Cl)Cl)cc2)cc1)C(=O)O. The molecule has 2 aromatic rings. The minimum atomic E-state index is -1.35. The van der Waals surface area contributed by atoms with Gasteiger partial charge in [0, 0.05) is 12.1 Å². The van der Waals surface area contributed by atoms with E-state index in [1.807, 2.05) is 45.0 Å². The molecular weight excluding hydrogens is 458 g/mol. The van der Waals surface area contributed by atoms with Gasteiger partial charge in [-0.3, -0.25) is 9.69 Å². The molecule has 174 valence electrons. The maximum Gasteiger partial charge on any atom is 0.408 e. The Labute approximate surface area is 196 Å². The van der Waals surface area contributed by atoms with Gasteiger partial charge in [0.2, 0.25) is 0 Å². The van der Waals surface area contributed by atoms with Crippen LogP contribution in [0.3, 0.4) is 0 Å². The maximum atomic E-state index is 13.3. The molecule has 0 fully saturated rings. The van der Waals surface area contributed by atoms with Crippen molar-refractivity contribution in [2.45, 2.75) is 49.8 Å². The summed E-state index contributed by atoms with van der Waals surface area (Å²) in [5, 5.41) is 22.1. The summed E-state index contributed by atoms with van der Waals surface area (Å²) in [5.41, 5.74) is 2.52. The predicted octanol–water partition coefficient (Wildman–Crippen LogP) is 4.92. The molecule has 0 spiro atoms. The smallest absolute Gasteiger partial charge is 0.408 e. The Morgan fingerprint density at radius 1 is 1.03 bits per heavy atom. The van der Waals surface area contributed by atoms with Crippen LogP contribution in [0.25, 0.3) is 11.1 Å². The van der Waals surface area contributed by atoms with Gasteiger partial charge in [-0.15, -0.1) is 0 Å². The second kappa shape index (κ2) is 11.0. The van der Waals surface area contributed by atoms with Gasteiger partial charge in [0.25, 0.3) is 5.91 Å². The van der Waals surface area contributed by atoms with E-state index in [9.17, 15) is 24.2 Å². The molecule has 9 heteroatoms. The van der Waals surface area contributed by atoms with Crippen LogP contribution in [-0.4, -0.2) is 50.2 Å². The highest BCUT2D eigenvalue weighted by atomic mass is 35.5. The van der Waals surface area contributed by atoms with E-state index in [0.717, 1.165) is 16.7 Å². The molecule has 0 unspecified atom stereocenters. The summed E-state index contributed by atoms with van der Waals surface area (Å²) < 4.78 is 13.3. The Kier molecular flexibility index (Phi) is 8.89. The summed E-state index contributed by atoms with van der Waals surface area (Å²) in [6.07, 6.45) is -2.25. The molecule has 2 amide bonds.